The Hall–Kier alpha value is -3.63. The Balaban J connectivity index is 1.33. The first-order chi connectivity index (χ1) is 15.3. The van der Waals surface area contributed by atoms with E-state index in [1.807, 2.05) is 0 Å². The van der Waals surface area contributed by atoms with Crippen LogP contribution in [-0.2, 0) is 24.1 Å². The Kier molecular flexibility index (Phi) is 5.97. The summed E-state index contributed by atoms with van der Waals surface area (Å²) in [4.78, 5) is 29.5. The molecular weight excluding hydrogens is 427 g/mol. The highest BCUT2D eigenvalue weighted by Gasteiger charge is 2.31. The van der Waals surface area contributed by atoms with Gasteiger partial charge in [-0.2, -0.15) is 18.3 Å². The van der Waals surface area contributed by atoms with Gasteiger partial charge in [-0.3, -0.25) is 14.5 Å². The van der Waals surface area contributed by atoms with Gasteiger partial charge in [0.25, 0.3) is 0 Å². The molecule has 1 fully saturated rings. The van der Waals surface area contributed by atoms with Crippen molar-refractivity contribution >= 4 is 5.91 Å². The first-order valence-corrected chi connectivity index (χ1v) is 9.93. The van der Waals surface area contributed by atoms with E-state index < -0.39 is 17.4 Å². The van der Waals surface area contributed by atoms with Crippen LogP contribution in [0.5, 0.6) is 5.75 Å². The van der Waals surface area contributed by atoms with E-state index in [0.717, 1.165) is 17.8 Å². The average Bonchev–Trinajstić information content (AvgIpc) is 3.43. The lowest BCUT2D eigenvalue weighted by Gasteiger charge is -2.16. The molecule has 1 saturated heterocycles. The van der Waals surface area contributed by atoms with Gasteiger partial charge in [-0.05, 0) is 36.8 Å². The molecule has 0 radical (unpaired) electrons. The van der Waals surface area contributed by atoms with E-state index in [0.29, 0.717) is 25.2 Å². The van der Waals surface area contributed by atoms with E-state index >= 15 is 0 Å². The molecule has 32 heavy (non-hydrogen) atoms. The summed E-state index contributed by atoms with van der Waals surface area (Å²) in [5, 5.41) is 7.11. The van der Waals surface area contributed by atoms with Crippen molar-refractivity contribution in [2.75, 3.05) is 13.1 Å². The van der Waals surface area contributed by atoms with Crippen molar-refractivity contribution in [2.45, 2.75) is 31.7 Å². The largest absolute Gasteiger partial charge is 0.487 e. The van der Waals surface area contributed by atoms with Gasteiger partial charge in [0, 0.05) is 31.4 Å². The maximum Gasteiger partial charge on any atom is 0.416 e. The number of halogens is 3. The third-order valence-corrected chi connectivity index (χ3v) is 5.25. The second-order valence-electron chi connectivity index (χ2n) is 7.49. The van der Waals surface area contributed by atoms with Crippen LogP contribution in [0.1, 0.15) is 29.3 Å². The average molecular weight is 447 g/mol. The molecule has 0 bridgehead atoms. The molecule has 3 aromatic rings. The fourth-order valence-electron chi connectivity index (χ4n) is 3.57. The fraction of sp³-hybridized carbons (Fsp3) is 0.333. The highest BCUT2D eigenvalue weighted by atomic mass is 19.4. The van der Waals surface area contributed by atoms with Gasteiger partial charge < -0.3 is 9.64 Å². The zero-order valence-electron chi connectivity index (χ0n) is 16.9. The predicted octanol–water partition coefficient (Wildman–Crippen LogP) is 2.58. The predicted molar refractivity (Wildman–Crippen MR) is 107 cm³/mol. The SMILES string of the molecule is O=C(Cn1cccnc1=O)N1CCC(c2cc(COc3cccc(C(F)(F)F)c3)[nH]n2)C1. The first kappa shape index (κ1) is 21.6. The molecule has 3 heterocycles. The number of carbonyl (C=O) groups is 1. The summed E-state index contributed by atoms with van der Waals surface area (Å²) in [5.74, 6) is -0.0476. The summed E-state index contributed by atoms with van der Waals surface area (Å²) in [7, 11) is 0. The molecule has 1 unspecified atom stereocenters. The highest BCUT2D eigenvalue weighted by Crippen LogP contribution is 2.31. The smallest absolute Gasteiger partial charge is 0.416 e. The van der Waals surface area contributed by atoms with Crippen molar-refractivity contribution in [1.29, 1.82) is 0 Å². The van der Waals surface area contributed by atoms with Crippen LogP contribution in [-0.4, -0.2) is 43.6 Å². The van der Waals surface area contributed by atoms with Crippen LogP contribution >= 0.6 is 0 Å². The number of nitrogens with one attached hydrogen (secondary N) is 1. The second kappa shape index (κ2) is 8.85. The number of likely N-dealkylation sites (tertiary alicyclic amines) is 1. The van der Waals surface area contributed by atoms with E-state index in [9.17, 15) is 22.8 Å². The monoisotopic (exact) mass is 447 g/mol. The second-order valence-corrected chi connectivity index (χ2v) is 7.49. The molecule has 1 N–H and O–H groups in total. The minimum atomic E-state index is -4.43. The molecule has 1 aliphatic rings. The van der Waals surface area contributed by atoms with Crippen molar-refractivity contribution in [2.24, 2.45) is 0 Å². The van der Waals surface area contributed by atoms with E-state index in [2.05, 4.69) is 15.2 Å². The quantitative estimate of drug-likeness (QED) is 0.627. The minimum absolute atomic E-state index is 0.0168. The lowest BCUT2D eigenvalue weighted by molar-refractivity contribution is -0.137. The lowest BCUT2D eigenvalue weighted by atomic mass is 10.1. The summed E-state index contributed by atoms with van der Waals surface area (Å²) in [5.41, 5.74) is 0.115. The zero-order chi connectivity index (χ0) is 22.7. The van der Waals surface area contributed by atoms with Crippen LogP contribution < -0.4 is 10.4 Å². The van der Waals surface area contributed by atoms with Crippen molar-refractivity contribution < 1.29 is 22.7 Å². The molecule has 2 aromatic heterocycles. The molecule has 0 spiro atoms. The van der Waals surface area contributed by atoms with Gasteiger partial charge in [0.15, 0.2) is 0 Å². The molecule has 4 rings (SSSR count). The molecule has 1 aliphatic heterocycles. The number of nitrogens with zero attached hydrogens (tertiary/aromatic N) is 4. The van der Waals surface area contributed by atoms with Crippen molar-refractivity contribution in [3.63, 3.8) is 0 Å². The van der Waals surface area contributed by atoms with Crippen LogP contribution in [0, 0.1) is 0 Å². The maximum absolute atomic E-state index is 12.8. The maximum atomic E-state index is 12.8. The molecule has 0 saturated carbocycles. The number of amides is 1. The number of alkyl halides is 3. The molecular formula is C21H20F3N5O3. The Bertz CT molecular complexity index is 1160. The van der Waals surface area contributed by atoms with Crippen molar-refractivity contribution in [3.05, 3.63) is 76.2 Å². The number of benzene rings is 1. The summed E-state index contributed by atoms with van der Waals surface area (Å²) >= 11 is 0. The first-order valence-electron chi connectivity index (χ1n) is 9.93. The van der Waals surface area contributed by atoms with Crippen molar-refractivity contribution in [3.8, 4) is 5.75 Å². The Morgan fingerprint density at radius 3 is 2.88 bits per heavy atom. The number of aromatic amines is 1. The molecule has 0 aliphatic carbocycles. The summed E-state index contributed by atoms with van der Waals surface area (Å²) < 4.78 is 45.2. The van der Waals surface area contributed by atoms with Gasteiger partial charge in [0.1, 0.15) is 18.9 Å². The van der Waals surface area contributed by atoms with Crippen LogP contribution in [0.2, 0.25) is 0 Å². The van der Waals surface area contributed by atoms with E-state index in [1.165, 1.54) is 29.1 Å². The Morgan fingerprint density at radius 1 is 1.25 bits per heavy atom. The van der Waals surface area contributed by atoms with E-state index in [-0.39, 0.29) is 30.7 Å². The number of aromatic nitrogens is 4. The molecule has 11 heteroatoms. The molecule has 1 aromatic carbocycles. The molecule has 8 nitrogen and oxygen atoms in total. The highest BCUT2D eigenvalue weighted by molar-refractivity contribution is 5.76. The number of hydrogen-bond acceptors (Lipinski definition) is 5. The third kappa shape index (κ3) is 4.98. The molecule has 1 atom stereocenters. The normalized spacial score (nSPS) is 16.3. The van der Waals surface area contributed by atoms with Gasteiger partial charge in [-0.15, -0.1) is 0 Å². The van der Waals surface area contributed by atoms with Crippen LogP contribution in [0.4, 0.5) is 13.2 Å². The number of H-pyrrole nitrogens is 1. The Labute approximate surface area is 180 Å². The lowest BCUT2D eigenvalue weighted by Crippen LogP contribution is -2.35. The molecule has 168 valence electrons. The summed E-state index contributed by atoms with van der Waals surface area (Å²) in [6.07, 6.45) is -0.824. The fourth-order valence-corrected chi connectivity index (χ4v) is 3.57. The van der Waals surface area contributed by atoms with Crippen LogP contribution in [0.15, 0.2) is 53.6 Å². The minimum Gasteiger partial charge on any atom is -0.487 e. The van der Waals surface area contributed by atoms with Crippen molar-refractivity contribution in [1.82, 2.24) is 24.6 Å². The van der Waals surface area contributed by atoms with E-state index in [1.54, 1.807) is 17.0 Å². The van der Waals surface area contributed by atoms with Gasteiger partial charge in [0.2, 0.25) is 5.91 Å². The zero-order valence-corrected chi connectivity index (χ0v) is 16.9. The number of ether oxygens (including phenoxy) is 1. The number of hydrogen-bond donors (Lipinski definition) is 1. The number of carbonyl (C=O) groups excluding carboxylic acids is 1. The van der Waals surface area contributed by atoms with Gasteiger partial charge >= 0.3 is 11.9 Å². The van der Waals surface area contributed by atoms with E-state index in [4.69, 9.17) is 4.74 Å². The number of rotatable bonds is 6. The summed E-state index contributed by atoms with van der Waals surface area (Å²) in [6, 6.07) is 8.07. The van der Waals surface area contributed by atoms with Gasteiger partial charge in [-0.1, -0.05) is 6.07 Å². The van der Waals surface area contributed by atoms with Gasteiger partial charge in [-0.25, -0.2) is 9.78 Å². The van der Waals surface area contributed by atoms with Crippen LogP contribution in [0.25, 0.3) is 0 Å². The molecule has 1 amide bonds. The standard InChI is InChI=1S/C21H20F3N5O3/c22-21(23,24)15-3-1-4-17(9-15)32-13-16-10-18(27-26-16)14-5-8-28(11-14)19(30)12-29-7-2-6-25-20(29)31/h1-4,6-7,9-10,14H,5,8,11-13H2,(H,26,27). The van der Waals surface area contributed by atoms with Gasteiger partial charge in [0.05, 0.1) is 17.0 Å². The van der Waals surface area contributed by atoms with Crippen LogP contribution in [0.3, 0.4) is 0 Å². The third-order valence-electron chi connectivity index (χ3n) is 5.25. The summed E-state index contributed by atoms with van der Waals surface area (Å²) in [6.45, 7) is 0.970. The topological polar surface area (TPSA) is 93.1 Å². The Morgan fingerprint density at radius 2 is 2.09 bits per heavy atom.